The van der Waals surface area contributed by atoms with Gasteiger partial charge in [0.15, 0.2) is 0 Å². The Morgan fingerprint density at radius 1 is 0.457 bits per heavy atom. The van der Waals surface area contributed by atoms with Gasteiger partial charge in [-0.3, -0.25) is 0 Å². The Morgan fingerprint density at radius 3 is 1.28 bits per heavy atom. The van der Waals surface area contributed by atoms with Gasteiger partial charge in [0.05, 0.1) is 8.07 Å². The Balaban J connectivity index is 0.00000139. The summed E-state index contributed by atoms with van der Waals surface area (Å²) in [6.45, 7) is 4.83. The summed E-state index contributed by atoms with van der Waals surface area (Å²) in [6.07, 6.45) is 0. The molecule has 2 heteroatoms. The molecular weight excluding hydrogens is 735 g/mol. The van der Waals surface area contributed by atoms with Gasteiger partial charge in [-0.25, -0.2) is 0 Å². The number of fused-ring (bicyclic) bond motifs is 4. The van der Waals surface area contributed by atoms with Crippen molar-refractivity contribution >= 4 is 61.5 Å². The quantitative estimate of drug-likeness (QED) is 0.117. The van der Waals surface area contributed by atoms with Crippen LogP contribution in [0.4, 0.5) is 0 Å². The number of hydrogen-bond acceptors (Lipinski definition) is 0. The zero-order valence-electron chi connectivity index (χ0n) is 27.3. The van der Waals surface area contributed by atoms with E-state index < -0.39 is 8.07 Å². The van der Waals surface area contributed by atoms with Crippen LogP contribution in [-0.4, -0.2) is 8.07 Å². The molecule has 0 atom stereocenters. The average Bonchev–Trinajstić information content (AvgIpc) is 3.71. The Morgan fingerprint density at radius 2 is 0.870 bits per heavy atom. The maximum absolute atomic E-state index is 2.54. The van der Waals surface area contributed by atoms with E-state index in [1.807, 2.05) is 0 Å². The van der Waals surface area contributed by atoms with E-state index in [4.69, 9.17) is 0 Å². The third-order valence-electron chi connectivity index (χ3n) is 9.93. The third-order valence-corrected chi connectivity index (χ3v) is 15.1. The van der Waals surface area contributed by atoms with E-state index >= 15 is 0 Å². The van der Waals surface area contributed by atoms with Gasteiger partial charge in [0.25, 0.3) is 0 Å². The van der Waals surface area contributed by atoms with Gasteiger partial charge in [0.2, 0.25) is 0 Å². The molecular formula is C44H40HfSi. The molecule has 0 aromatic heterocycles. The molecule has 0 radical (unpaired) electrons. The van der Waals surface area contributed by atoms with Crippen LogP contribution in [-0.2, 0) is 25.8 Å². The summed E-state index contributed by atoms with van der Waals surface area (Å²) >= 11 is 0. The maximum atomic E-state index is 2.54. The van der Waals surface area contributed by atoms with Crippen molar-refractivity contribution in [3.63, 3.8) is 0 Å². The van der Waals surface area contributed by atoms with Gasteiger partial charge in [0, 0.05) is 0 Å². The monoisotopic (exact) mass is 776 g/mol. The van der Waals surface area contributed by atoms with Crippen molar-refractivity contribution in [1.82, 2.24) is 0 Å². The zero-order chi connectivity index (χ0) is 29.0. The van der Waals surface area contributed by atoms with Crippen LogP contribution in [0.5, 0.6) is 0 Å². The standard InChI is InChI=1S/C42H34Si.2CH3.Hf/c1-3-43(4-2,37-25-33-15-9-17-39(41(33)27-37)35-21-19-29-11-5-7-13-31(29)23-35)38-26-34-16-10-18-40(42(34)28-38)36-22-20-30-12-6-8-14-32(30)24-36;;;/h5-28H,3-4H2,1-2H3;2*1H3;/q-2;2*-1;+4. The SMILES string of the molecule is CC[Si](CC)(c1cc2c(-c3ccc4ccccc4c3)cccc2[cH-]1)c1cc2c(-c3ccc4ccccc4c3)cccc2[cH-]1.[CH3-].[CH3-].[Hf+4]. The predicted octanol–water partition coefficient (Wildman–Crippen LogP) is 11.6. The number of rotatable bonds is 6. The van der Waals surface area contributed by atoms with Gasteiger partial charge in [-0.05, 0) is 44.8 Å². The second kappa shape index (κ2) is 13.5. The van der Waals surface area contributed by atoms with E-state index in [1.165, 1.54) is 77.4 Å². The van der Waals surface area contributed by atoms with Gasteiger partial charge in [-0.15, -0.1) is 68.3 Å². The van der Waals surface area contributed by atoms with Gasteiger partial charge in [-0.2, -0.15) is 12.1 Å². The molecule has 0 fully saturated rings. The number of benzene rings is 6. The van der Waals surface area contributed by atoms with Gasteiger partial charge in [0.1, 0.15) is 0 Å². The van der Waals surface area contributed by atoms with E-state index in [-0.39, 0.29) is 40.7 Å². The summed E-state index contributed by atoms with van der Waals surface area (Å²) in [5.41, 5.74) is 5.24. The molecule has 0 unspecified atom stereocenters. The second-order valence-electron chi connectivity index (χ2n) is 12.0. The van der Waals surface area contributed by atoms with Crippen LogP contribution in [0.2, 0.25) is 12.1 Å². The molecule has 0 bridgehead atoms. The first-order valence-corrected chi connectivity index (χ1v) is 18.0. The first-order chi connectivity index (χ1) is 21.2. The molecule has 8 aromatic carbocycles. The van der Waals surface area contributed by atoms with Crippen molar-refractivity contribution in [2.45, 2.75) is 25.9 Å². The van der Waals surface area contributed by atoms with Gasteiger partial charge in [-0.1, -0.05) is 122 Å². The molecule has 0 aliphatic heterocycles. The molecule has 46 heavy (non-hydrogen) atoms. The molecule has 0 amide bonds. The topological polar surface area (TPSA) is 0 Å². The summed E-state index contributed by atoms with van der Waals surface area (Å²) in [5.74, 6) is 0. The summed E-state index contributed by atoms with van der Waals surface area (Å²) in [6, 6.07) is 57.2. The van der Waals surface area contributed by atoms with Crippen molar-refractivity contribution in [3.8, 4) is 22.3 Å². The first kappa shape index (κ1) is 33.5. The molecule has 0 aliphatic carbocycles. The van der Waals surface area contributed by atoms with Crippen LogP contribution in [0.15, 0.2) is 146 Å². The fourth-order valence-corrected chi connectivity index (χ4v) is 11.6. The molecule has 0 saturated heterocycles. The maximum Gasteiger partial charge on any atom is 4.00 e. The molecule has 0 nitrogen and oxygen atoms in total. The van der Waals surface area contributed by atoms with E-state index in [9.17, 15) is 0 Å². The fraction of sp³-hybridized carbons (Fsp3) is 0.0909. The molecule has 224 valence electrons. The molecule has 8 aromatic rings. The Labute approximate surface area is 294 Å². The average molecular weight is 775 g/mol. The normalized spacial score (nSPS) is 11.3. The van der Waals surface area contributed by atoms with Gasteiger partial charge >= 0.3 is 25.8 Å². The van der Waals surface area contributed by atoms with E-state index in [0.717, 1.165) is 0 Å². The zero-order valence-corrected chi connectivity index (χ0v) is 31.9. The Kier molecular flexibility index (Phi) is 9.82. The molecule has 0 saturated carbocycles. The molecule has 0 spiro atoms. The minimum atomic E-state index is -2.00. The van der Waals surface area contributed by atoms with E-state index in [1.54, 1.807) is 10.4 Å². The van der Waals surface area contributed by atoms with Crippen LogP contribution in [0.25, 0.3) is 65.3 Å². The smallest absolute Gasteiger partial charge is 0.358 e. The van der Waals surface area contributed by atoms with Crippen molar-refractivity contribution < 1.29 is 25.8 Å². The summed E-state index contributed by atoms with van der Waals surface area (Å²) in [7, 11) is -2.00. The van der Waals surface area contributed by atoms with Crippen molar-refractivity contribution in [3.05, 3.63) is 160 Å². The summed E-state index contributed by atoms with van der Waals surface area (Å²) in [4.78, 5) is 0. The molecule has 0 heterocycles. The molecule has 0 N–H and O–H groups in total. The Hall–Kier alpha value is -3.85. The number of hydrogen-bond donors (Lipinski definition) is 0. The molecule has 0 aliphatic rings. The predicted molar refractivity (Wildman–Crippen MR) is 204 cm³/mol. The first-order valence-electron chi connectivity index (χ1n) is 15.5. The van der Waals surface area contributed by atoms with E-state index in [0.29, 0.717) is 0 Å². The minimum Gasteiger partial charge on any atom is -0.358 e. The van der Waals surface area contributed by atoms with Crippen molar-refractivity contribution in [2.24, 2.45) is 0 Å². The molecule has 8 rings (SSSR count). The van der Waals surface area contributed by atoms with Crippen LogP contribution in [0.3, 0.4) is 0 Å². The van der Waals surface area contributed by atoms with Crippen molar-refractivity contribution in [1.29, 1.82) is 0 Å². The minimum absolute atomic E-state index is 0. The summed E-state index contributed by atoms with van der Waals surface area (Å²) in [5, 5.41) is 13.7. The van der Waals surface area contributed by atoms with E-state index in [2.05, 4.69) is 159 Å². The van der Waals surface area contributed by atoms with Crippen LogP contribution in [0, 0.1) is 14.9 Å². The van der Waals surface area contributed by atoms with Crippen molar-refractivity contribution in [2.75, 3.05) is 0 Å². The van der Waals surface area contributed by atoms with Crippen LogP contribution in [0.1, 0.15) is 13.8 Å². The van der Waals surface area contributed by atoms with Crippen LogP contribution >= 0.6 is 0 Å². The Bertz CT molecular complexity index is 2120. The third kappa shape index (κ3) is 5.46. The summed E-state index contributed by atoms with van der Waals surface area (Å²) < 4.78 is 0. The largest absolute Gasteiger partial charge is 4.00 e. The van der Waals surface area contributed by atoms with Crippen LogP contribution < -0.4 is 10.4 Å². The van der Waals surface area contributed by atoms with Gasteiger partial charge < -0.3 is 14.9 Å². The second-order valence-corrected chi connectivity index (χ2v) is 16.8. The fourth-order valence-electron chi connectivity index (χ4n) is 7.47.